The summed E-state index contributed by atoms with van der Waals surface area (Å²) in [5.41, 5.74) is 0.995. The van der Waals surface area contributed by atoms with Crippen LogP contribution >= 0.6 is 11.6 Å². The van der Waals surface area contributed by atoms with Crippen molar-refractivity contribution in [1.82, 2.24) is 14.9 Å². The summed E-state index contributed by atoms with van der Waals surface area (Å²) in [6, 6.07) is 8.68. The summed E-state index contributed by atoms with van der Waals surface area (Å²) in [5.74, 6) is 0.683. The quantitative estimate of drug-likeness (QED) is 0.868. The average molecular weight is 371 g/mol. The van der Waals surface area contributed by atoms with Crippen molar-refractivity contribution in [2.45, 2.75) is 6.42 Å². The predicted octanol–water partition coefficient (Wildman–Crippen LogP) is 2.15. The first-order chi connectivity index (χ1) is 12.7. The number of hydrogen-bond acceptors (Lipinski definition) is 6. The number of nitrogens with zero attached hydrogens (tertiary/aromatic N) is 5. The molecule has 1 aliphatic heterocycles. The Bertz CT molecular complexity index is 799. The van der Waals surface area contributed by atoms with Gasteiger partial charge in [-0.2, -0.15) is 5.26 Å². The molecule has 2 aromatic rings. The number of rotatable bonds is 5. The Labute approximate surface area is 157 Å². The van der Waals surface area contributed by atoms with Gasteiger partial charge in [0.1, 0.15) is 6.07 Å². The van der Waals surface area contributed by atoms with Crippen LogP contribution in [-0.2, 0) is 4.79 Å². The van der Waals surface area contributed by atoms with Crippen molar-refractivity contribution in [1.29, 1.82) is 5.26 Å². The topological polar surface area (TPSA) is 85.2 Å². The summed E-state index contributed by atoms with van der Waals surface area (Å²) in [6.45, 7) is 4.12. The molecule has 1 amide bonds. The lowest BCUT2D eigenvalue weighted by Crippen LogP contribution is -2.47. The molecular formula is C18H19ClN6O. The number of hydrogen-bond donors (Lipinski definition) is 1. The number of benzene rings is 1. The molecule has 0 aliphatic carbocycles. The summed E-state index contributed by atoms with van der Waals surface area (Å²) in [7, 11) is 0. The minimum absolute atomic E-state index is 0.0698. The van der Waals surface area contributed by atoms with E-state index in [1.807, 2.05) is 6.07 Å². The number of piperazine rings is 1. The van der Waals surface area contributed by atoms with Gasteiger partial charge in [0.15, 0.2) is 0 Å². The predicted molar refractivity (Wildman–Crippen MR) is 100 cm³/mol. The van der Waals surface area contributed by atoms with E-state index >= 15 is 0 Å². The fourth-order valence-corrected chi connectivity index (χ4v) is 3.02. The van der Waals surface area contributed by atoms with Crippen molar-refractivity contribution in [3.63, 3.8) is 0 Å². The molecule has 0 atom stereocenters. The molecule has 0 spiro atoms. The largest absolute Gasteiger partial charge is 0.338 e. The molecule has 1 saturated heterocycles. The van der Waals surface area contributed by atoms with Gasteiger partial charge in [-0.3, -0.25) is 9.69 Å². The Hall–Kier alpha value is -2.69. The van der Waals surface area contributed by atoms with E-state index in [2.05, 4.69) is 25.1 Å². The van der Waals surface area contributed by atoms with Crippen molar-refractivity contribution in [2.24, 2.45) is 0 Å². The van der Waals surface area contributed by atoms with Crippen LogP contribution in [0.1, 0.15) is 12.0 Å². The van der Waals surface area contributed by atoms with Crippen LogP contribution in [0, 0.1) is 11.3 Å². The molecular weight excluding hydrogens is 352 g/mol. The Morgan fingerprint density at radius 2 is 1.96 bits per heavy atom. The molecule has 8 heteroatoms. The van der Waals surface area contributed by atoms with Gasteiger partial charge in [-0.1, -0.05) is 11.6 Å². The summed E-state index contributed by atoms with van der Waals surface area (Å²) in [5, 5.41) is 12.0. The molecule has 0 bridgehead atoms. The van der Waals surface area contributed by atoms with Crippen LogP contribution in [0.5, 0.6) is 0 Å². The second kappa shape index (κ2) is 8.61. The van der Waals surface area contributed by atoms with Crippen molar-refractivity contribution in [2.75, 3.05) is 42.9 Å². The molecule has 26 heavy (non-hydrogen) atoms. The third kappa shape index (κ3) is 4.69. The Morgan fingerprint density at radius 3 is 2.62 bits per heavy atom. The Kier molecular flexibility index (Phi) is 6.00. The van der Waals surface area contributed by atoms with Gasteiger partial charge < -0.3 is 10.2 Å². The number of halogens is 1. The zero-order chi connectivity index (χ0) is 18.4. The molecule has 3 rings (SSSR count). The van der Waals surface area contributed by atoms with Crippen LogP contribution in [0.4, 0.5) is 11.6 Å². The highest BCUT2D eigenvalue weighted by Gasteiger charge is 2.19. The maximum Gasteiger partial charge on any atom is 0.225 e. The monoisotopic (exact) mass is 370 g/mol. The van der Waals surface area contributed by atoms with Crippen molar-refractivity contribution in [3.05, 3.63) is 47.2 Å². The van der Waals surface area contributed by atoms with E-state index in [0.717, 1.165) is 32.1 Å². The normalized spacial score (nSPS) is 14.7. The van der Waals surface area contributed by atoms with E-state index in [-0.39, 0.29) is 5.91 Å². The molecule has 0 radical (unpaired) electrons. The van der Waals surface area contributed by atoms with Crippen LogP contribution in [-0.4, -0.2) is 53.5 Å². The van der Waals surface area contributed by atoms with Crippen LogP contribution in [0.2, 0.25) is 5.02 Å². The first-order valence-electron chi connectivity index (χ1n) is 8.39. The molecule has 134 valence electrons. The van der Waals surface area contributed by atoms with E-state index in [0.29, 0.717) is 29.2 Å². The summed E-state index contributed by atoms with van der Waals surface area (Å²) < 4.78 is 0. The first kappa shape index (κ1) is 18.1. The molecule has 1 fully saturated rings. The number of nitriles is 1. The molecule has 0 saturated carbocycles. The number of carbonyl (C=O) groups excluding carboxylic acids is 1. The van der Waals surface area contributed by atoms with Crippen LogP contribution < -0.4 is 10.2 Å². The third-order valence-corrected chi connectivity index (χ3v) is 4.55. The van der Waals surface area contributed by atoms with Gasteiger partial charge in [-0.25, -0.2) is 9.97 Å². The fourth-order valence-electron chi connectivity index (χ4n) is 2.79. The van der Waals surface area contributed by atoms with E-state index in [1.165, 1.54) is 0 Å². The van der Waals surface area contributed by atoms with Gasteiger partial charge in [0.05, 0.1) is 10.6 Å². The lowest BCUT2D eigenvalue weighted by atomic mass is 10.2. The van der Waals surface area contributed by atoms with E-state index in [9.17, 15) is 4.79 Å². The lowest BCUT2D eigenvalue weighted by molar-refractivity contribution is -0.116. The van der Waals surface area contributed by atoms with E-state index in [4.69, 9.17) is 16.9 Å². The highest BCUT2D eigenvalue weighted by molar-refractivity contribution is 6.32. The second-order valence-corrected chi connectivity index (χ2v) is 6.39. The first-order valence-corrected chi connectivity index (χ1v) is 8.77. The van der Waals surface area contributed by atoms with Gasteiger partial charge in [-0.15, -0.1) is 0 Å². The maximum atomic E-state index is 12.1. The van der Waals surface area contributed by atoms with Gasteiger partial charge >= 0.3 is 0 Å². The van der Waals surface area contributed by atoms with Crippen molar-refractivity contribution >= 4 is 29.1 Å². The molecule has 1 aliphatic rings. The van der Waals surface area contributed by atoms with Crippen LogP contribution in [0.3, 0.4) is 0 Å². The van der Waals surface area contributed by atoms with Crippen LogP contribution in [0.15, 0.2) is 36.7 Å². The summed E-state index contributed by atoms with van der Waals surface area (Å²) in [4.78, 5) is 25.1. The van der Waals surface area contributed by atoms with Gasteiger partial charge in [0, 0.05) is 57.2 Å². The van der Waals surface area contributed by atoms with Gasteiger partial charge in [0.2, 0.25) is 11.9 Å². The number of aromatic nitrogens is 2. The van der Waals surface area contributed by atoms with Gasteiger partial charge in [0.25, 0.3) is 0 Å². The van der Waals surface area contributed by atoms with E-state index < -0.39 is 0 Å². The number of carbonyl (C=O) groups is 1. The zero-order valence-electron chi connectivity index (χ0n) is 14.2. The number of amides is 1. The molecule has 0 unspecified atom stereocenters. The maximum absolute atomic E-state index is 12.1. The fraction of sp³-hybridized carbons (Fsp3) is 0.333. The number of nitrogens with one attached hydrogen (secondary N) is 1. The standard InChI is InChI=1S/C18H19ClN6O/c19-16-12-15(3-2-14(16)13-20)23-17(26)4-7-24-8-10-25(11-9-24)18-21-5-1-6-22-18/h1-3,5-6,12H,4,7-11H2,(H,23,26). The van der Waals surface area contributed by atoms with Crippen molar-refractivity contribution in [3.8, 4) is 6.07 Å². The molecule has 7 nitrogen and oxygen atoms in total. The average Bonchev–Trinajstić information content (AvgIpc) is 2.68. The van der Waals surface area contributed by atoms with Gasteiger partial charge in [-0.05, 0) is 24.3 Å². The highest BCUT2D eigenvalue weighted by atomic mass is 35.5. The Balaban J connectivity index is 1.43. The third-order valence-electron chi connectivity index (χ3n) is 4.24. The minimum atomic E-state index is -0.0698. The van der Waals surface area contributed by atoms with Crippen molar-refractivity contribution < 1.29 is 4.79 Å². The SMILES string of the molecule is N#Cc1ccc(NC(=O)CCN2CCN(c3ncccn3)CC2)cc1Cl. The minimum Gasteiger partial charge on any atom is -0.338 e. The summed E-state index contributed by atoms with van der Waals surface area (Å²) >= 11 is 5.98. The molecule has 1 aromatic heterocycles. The molecule has 2 heterocycles. The zero-order valence-corrected chi connectivity index (χ0v) is 15.0. The molecule has 1 N–H and O–H groups in total. The van der Waals surface area contributed by atoms with Crippen LogP contribution in [0.25, 0.3) is 0 Å². The number of anilines is 2. The highest BCUT2D eigenvalue weighted by Crippen LogP contribution is 2.20. The smallest absolute Gasteiger partial charge is 0.225 e. The lowest BCUT2D eigenvalue weighted by Gasteiger charge is -2.34. The second-order valence-electron chi connectivity index (χ2n) is 5.98. The van der Waals surface area contributed by atoms with E-state index in [1.54, 1.807) is 36.7 Å². The molecule has 1 aromatic carbocycles. The Morgan fingerprint density at radius 1 is 1.23 bits per heavy atom. The summed E-state index contributed by atoms with van der Waals surface area (Å²) in [6.07, 6.45) is 3.89.